The van der Waals surface area contributed by atoms with E-state index in [0.717, 1.165) is 0 Å². The molecule has 0 aromatic rings. The van der Waals surface area contributed by atoms with Crippen LogP contribution >= 0.6 is 0 Å². The van der Waals surface area contributed by atoms with Gasteiger partial charge in [-0.25, -0.2) is 4.79 Å². The molecule has 0 fully saturated rings. The SMILES string of the molecule is C=C(CS(=O)[O-])C(=O)OC. The first-order valence-electron chi connectivity index (χ1n) is 2.40. The smallest absolute Gasteiger partial charge is 0.334 e. The van der Waals surface area contributed by atoms with E-state index in [1.54, 1.807) is 0 Å². The summed E-state index contributed by atoms with van der Waals surface area (Å²) in [4.78, 5) is 10.5. The maximum atomic E-state index is 10.5. The minimum atomic E-state index is -2.27. The van der Waals surface area contributed by atoms with Gasteiger partial charge < -0.3 is 9.29 Å². The van der Waals surface area contributed by atoms with Gasteiger partial charge in [0.2, 0.25) is 0 Å². The number of carbonyl (C=O) groups excluding carboxylic acids is 1. The van der Waals surface area contributed by atoms with Crippen molar-refractivity contribution in [2.24, 2.45) is 0 Å². The van der Waals surface area contributed by atoms with Gasteiger partial charge in [0.15, 0.2) is 0 Å². The van der Waals surface area contributed by atoms with Crippen molar-refractivity contribution in [3.05, 3.63) is 12.2 Å². The van der Waals surface area contributed by atoms with Crippen molar-refractivity contribution in [2.75, 3.05) is 12.9 Å². The van der Waals surface area contributed by atoms with Gasteiger partial charge in [-0.2, -0.15) is 0 Å². The van der Waals surface area contributed by atoms with Crippen molar-refractivity contribution >= 4 is 17.0 Å². The summed E-state index contributed by atoms with van der Waals surface area (Å²) in [7, 11) is 1.17. The molecule has 0 bridgehead atoms. The second-order valence-corrected chi connectivity index (χ2v) is 2.44. The molecule has 5 heteroatoms. The highest BCUT2D eigenvalue weighted by Gasteiger charge is 2.04. The van der Waals surface area contributed by atoms with Crippen molar-refractivity contribution in [1.29, 1.82) is 0 Å². The summed E-state index contributed by atoms with van der Waals surface area (Å²) in [5.74, 6) is -1.06. The zero-order chi connectivity index (χ0) is 8.15. The fourth-order valence-electron chi connectivity index (χ4n) is 0.346. The number of rotatable bonds is 3. The van der Waals surface area contributed by atoms with Crippen LogP contribution in [0.2, 0.25) is 0 Å². The normalized spacial score (nSPS) is 12.2. The minimum absolute atomic E-state index is 0.0594. The lowest BCUT2D eigenvalue weighted by Gasteiger charge is -2.04. The summed E-state index contributed by atoms with van der Waals surface area (Å²) in [5, 5.41) is 0. The van der Waals surface area contributed by atoms with E-state index in [-0.39, 0.29) is 11.3 Å². The van der Waals surface area contributed by atoms with Crippen molar-refractivity contribution < 1.29 is 18.3 Å². The molecule has 58 valence electrons. The molecule has 10 heavy (non-hydrogen) atoms. The zero-order valence-electron chi connectivity index (χ0n) is 5.46. The molecule has 0 saturated carbocycles. The van der Waals surface area contributed by atoms with E-state index < -0.39 is 17.0 Å². The molecule has 0 spiro atoms. The molecule has 1 unspecified atom stereocenters. The van der Waals surface area contributed by atoms with E-state index in [1.807, 2.05) is 0 Å². The van der Waals surface area contributed by atoms with Crippen LogP contribution in [0.15, 0.2) is 12.2 Å². The van der Waals surface area contributed by atoms with E-state index in [9.17, 15) is 13.6 Å². The van der Waals surface area contributed by atoms with Gasteiger partial charge in [-0.3, -0.25) is 4.21 Å². The van der Waals surface area contributed by atoms with Crippen LogP contribution < -0.4 is 0 Å². The lowest BCUT2D eigenvalue weighted by atomic mass is 10.4. The Bertz CT molecular complexity index is 174. The standard InChI is InChI=1S/C5H8O4S/c1-4(3-10(7)8)5(6)9-2/h1,3H2,2H3,(H,7,8)/p-1. The molecule has 0 aliphatic carbocycles. The van der Waals surface area contributed by atoms with Crippen LogP contribution in [0.25, 0.3) is 0 Å². The third kappa shape index (κ3) is 3.37. The Morgan fingerprint density at radius 3 is 2.60 bits per heavy atom. The fraction of sp³-hybridized carbons (Fsp3) is 0.400. The van der Waals surface area contributed by atoms with E-state index in [2.05, 4.69) is 11.3 Å². The average Bonchev–Trinajstić information content (AvgIpc) is 1.85. The van der Waals surface area contributed by atoms with E-state index in [1.165, 1.54) is 7.11 Å². The van der Waals surface area contributed by atoms with Gasteiger partial charge in [-0.15, -0.1) is 0 Å². The molecule has 0 aromatic heterocycles. The largest absolute Gasteiger partial charge is 0.772 e. The maximum Gasteiger partial charge on any atom is 0.334 e. The molecular formula is C5H7O4S-. The minimum Gasteiger partial charge on any atom is -0.772 e. The lowest BCUT2D eigenvalue weighted by Crippen LogP contribution is -2.10. The third-order valence-electron chi connectivity index (χ3n) is 0.766. The second kappa shape index (κ2) is 4.19. The van der Waals surface area contributed by atoms with Crippen LogP contribution in [-0.2, 0) is 20.6 Å². The van der Waals surface area contributed by atoms with E-state index in [0.29, 0.717) is 0 Å². The highest BCUT2D eigenvalue weighted by Crippen LogP contribution is 1.94. The number of ether oxygens (including phenoxy) is 1. The summed E-state index contributed by atoms with van der Waals surface area (Å²) in [6, 6.07) is 0. The number of hydrogen-bond acceptors (Lipinski definition) is 4. The van der Waals surface area contributed by atoms with Gasteiger partial charge in [0, 0.05) is 11.3 Å². The Balaban J connectivity index is 3.86. The van der Waals surface area contributed by atoms with E-state index in [4.69, 9.17) is 0 Å². The molecule has 0 aliphatic rings. The lowest BCUT2D eigenvalue weighted by molar-refractivity contribution is -0.135. The molecule has 4 nitrogen and oxygen atoms in total. The summed E-state index contributed by atoms with van der Waals surface area (Å²) in [6.45, 7) is 3.20. The van der Waals surface area contributed by atoms with Crippen LogP contribution in [0.5, 0.6) is 0 Å². The van der Waals surface area contributed by atoms with Crippen molar-refractivity contribution in [2.45, 2.75) is 0 Å². The Kier molecular flexibility index (Phi) is 3.90. The maximum absolute atomic E-state index is 10.5. The molecule has 0 amide bonds. The second-order valence-electron chi connectivity index (χ2n) is 1.54. The Hall–Kier alpha value is -0.680. The summed E-state index contributed by atoms with van der Waals surface area (Å²) in [5.41, 5.74) is -0.0594. The number of methoxy groups -OCH3 is 1. The Morgan fingerprint density at radius 1 is 1.80 bits per heavy atom. The summed E-state index contributed by atoms with van der Waals surface area (Å²) in [6.07, 6.45) is 0. The van der Waals surface area contributed by atoms with Crippen molar-refractivity contribution in [3.8, 4) is 0 Å². The number of esters is 1. The first kappa shape index (κ1) is 9.32. The third-order valence-corrected chi connectivity index (χ3v) is 1.35. The molecule has 0 saturated heterocycles. The molecule has 0 aliphatic heterocycles. The van der Waals surface area contributed by atoms with Gasteiger partial charge in [-0.05, 0) is 0 Å². The number of hydrogen-bond donors (Lipinski definition) is 0. The first-order valence-corrected chi connectivity index (χ1v) is 3.64. The topological polar surface area (TPSA) is 66.4 Å². The zero-order valence-corrected chi connectivity index (χ0v) is 6.27. The van der Waals surface area contributed by atoms with E-state index >= 15 is 0 Å². The van der Waals surface area contributed by atoms with Crippen LogP contribution in [0.4, 0.5) is 0 Å². The van der Waals surface area contributed by atoms with Crippen LogP contribution in [0.1, 0.15) is 0 Å². The quantitative estimate of drug-likeness (QED) is 0.322. The molecule has 0 N–H and O–H groups in total. The molecular weight excluding hydrogens is 156 g/mol. The highest BCUT2D eigenvalue weighted by atomic mass is 32.2. The molecule has 0 rings (SSSR count). The first-order chi connectivity index (χ1) is 4.57. The Morgan fingerprint density at radius 2 is 2.30 bits per heavy atom. The molecule has 1 atom stereocenters. The predicted molar refractivity (Wildman–Crippen MR) is 34.9 cm³/mol. The van der Waals surface area contributed by atoms with Gasteiger partial charge in [0.05, 0.1) is 7.11 Å². The summed E-state index contributed by atoms with van der Waals surface area (Å²) < 4.78 is 24.1. The monoisotopic (exact) mass is 163 g/mol. The predicted octanol–water partition coefficient (Wildman–Crippen LogP) is -0.405. The summed E-state index contributed by atoms with van der Waals surface area (Å²) >= 11 is -2.27. The van der Waals surface area contributed by atoms with Gasteiger partial charge in [-0.1, -0.05) is 17.7 Å². The highest BCUT2D eigenvalue weighted by molar-refractivity contribution is 7.79. The molecule has 0 heterocycles. The van der Waals surface area contributed by atoms with Crippen molar-refractivity contribution in [3.63, 3.8) is 0 Å². The van der Waals surface area contributed by atoms with Crippen molar-refractivity contribution in [1.82, 2.24) is 0 Å². The van der Waals surface area contributed by atoms with Crippen LogP contribution in [-0.4, -0.2) is 27.6 Å². The molecule has 0 aromatic carbocycles. The van der Waals surface area contributed by atoms with Gasteiger partial charge in [0.1, 0.15) is 0 Å². The Labute approximate surface area is 61.2 Å². The number of carbonyl (C=O) groups is 1. The van der Waals surface area contributed by atoms with Gasteiger partial charge in [0.25, 0.3) is 0 Å². The average molecular weight is 163 g/mol. The fourth-order valence-corrected chi connectivity index (χ4v) is 0.748. The van der Waals surface area contributed by atoms with Crippen LogP contribution in [0.3, 0.4) is 0 Å². The molecule has 0 radical (unpaired) electrons. The van der Waals surface area contributed by atoms with Gasteiger partial charge >= 0.3 is 5.97 Å². The van der Waals surface area contributed by atoms with Crippen LogP contribution in [0, 0.1) is 0 Å².